The van der Waals surface area contributed by atoms with Crippen LogP contribution in [0.25, 0.3) is 11.4 Å². The van der Waals surface area contributed by atoms with Crippen molar-refractivity contribution in [2.24, 2.45) is 5.73 Å². The van der Waals surface area contributed by atoms with Crippen LogP contribution in [0.1, 0.15) is 28.7 Å². The number of nitrogens with one attached hydrogen (secondary N) is 1. The number of rotatable bonds is 6. The number of hydrogen-bond donors (Lipinski definition) is 2. The number of halogens is 3. The molecule has 156 valence electrons. The number of benzene rings is 1. The number of pyridine rings is 1. The average Bonchev–Trinajstić information content (AvgIpc) is 3.19. The van der Waals surface area contributed by atoms with Crippen LogP contribution in [0.2, 0.25) is 0 Å². The Morgan fingerprint density at radius 2 is 1.97 bits per heavy atom. The molecule has 0 aliphatic heterocycles. The molecule has 0 aliphatic rings. The fourth-order valence-electron chi connectivity index (χ4n) is 2.64. The predicted octanol–water partition coefficient (Wildman–Crippen LogP) is 3.83. The monoisotopic (exact) mass is 417 g/mol. The van der Waals surface area contributed by atoms with Gasteiger partial charge in [0, 0.05) is 18.1 Å². The second kappa shape index (κ2) is 8.68. The number of aromatic nitrogens is 3. The lowest BCUT2D eigenvalue weighted by atomic mass is 10.2. The zero-order valence-corrected chi connectivity index (χ0v) is 15.8. The Labute approximate surface area is 170 Å². The van der Waals surface area contributed by atoms with Crippen molar-refractivity contribution in [2.75, 3.05) is 11.9 Å². The van der Waals surface area contributed by atoms with Gasteiger partial charge >= 0.3 is 12.1 Å². The van der Waals surface area contributed by atoms with Crippen molar-refractivity contribution < 1.29 is 22.7 Å². The molecule has 0 saturated carbocycles. The predicted molar refractivity (Wildman–Crippen MR) is 105 cm³/mol. The molecule has 1 aromatic carbocycles. The summed E-state index contributed by atoms with van der Waals surface area (Å²) in [6.07, 6.45) is -0.804. The normalized spacial score (nSPS) is 11.9. The summed E-state index contributed by atoms with van der Waals surface area (Å²) < 4.78 is 46.1. The number of nitrogens with zero attached hydrogens (tertiary/aromatic N) is 3. The quantitative estimate of drug-likeness (QED) is 0.592. The third-order valence-electron chi connectivity index (χ3n) is 4.00. The number of nitrogens with two attached hydrogens (primary N) is 1. The van der Waals surface area contributed by atoms with Crippen LogP contribution in [-0.4, -0.2) is 27.3 Å². The first-order valence-electron chi connectivity index (χ1n) is 8.87. The van der Waals surface area contributed by atoms with Gasteiger partial charge in [-0.05, 0) is 43.3 Å². The zero-order chi connectivity index (χ0) is 21.7. The van der Waals surface area contributed by atoms with Crippen molar-refractivity contribution in [2.45, 2.75) is 13.1 Å². The number of alkyl halides is 3. The fourth-order valence-corrected chi connectivity index (χ4v) is 2.64. The first-order chi connectivity index (χ1) is 14.3. The standard InChI is InChI=1S/C20H18F3N5O2/c1-2-30-19(29)15-11-27-28(18(15)20(21,22)23)14-8-6-13(7-9-14)26-12-16(24)17-5-3-4-10-25-17/h3-12,26H,2,24H2,1H3/b16-12-. The number of esters is 1. The van der Waals surface area contributed by atoms with E-state index < -0.39 is 23.4 Å². The van der Waals surface area contributed by atoms with Gasteiger partial charge in [-0.3, -0.25) is 4.98 Å². The molecule has 2 heterocycles. The molecule has 10 heteroatoms. The van der Waals surface area contributed by atoms with Crippen molar-refractivity contribution in [1.29, 1.82) is 0 Å². The van der Waals surface area contributed by atoms with Crippen LogP contribution in [-0.2, 0) is 10.9 Å². The van der Waals surface area contributed by atoms with Crippen molar-refractivity contribution in [1.82, 2.24) is 14.8 Å². The maximum absolute atomic E-state index is 13.6. The smallest absolute Gasteiger partial charge is 0.434 e. The highest BCUT2D eigenvalue weighted by Gasteiger charge is 2.41. The first-order valence-corrected chi connectivity index (χ1v) is 8.87. The van der Waals surface area contributed by atoms with Gasteiger partial charge in [-0.25, -0.2) is 9.48 Å². The summed E-state index contributed by atoms with van der Waals surface area (Å²) in [7, 11) is 0. The molecular formula is C20H18F3N5O2. The highest BCUT2D eigenvalue weighted by molar-refractivity contribution is 5.90. The Hall–Kier alpha value is -3.82. The molecule has 30 heavy (non-hydrogen) atoms. The molecule has 0 saturated heterocycles. The number of carbonyl (C=O) groups excluding carboxylic acids is 1. The van der Waals surface area contributed by atoms with Crippen LogP contribution in [0, 0.1) is 0 Å². The van der Waals surface area contributed by atoms with E-state index in [0.29, 0.717) is 21.8 Å². The van der Waals surface area contributed by atoms with E-state index in [9.17, 15) is 18.0 Å². The SMILES string of the molecule is CCOC(=O)c1cnn(-c2ccc(N/C=C(\N)c3ccccn3)cc2)c1C(F)(F)F. The van der Waals surface area contributed by atoms with E-state index in [-0.39, 0.29) is 12.3 Å². The summed E-state index contributed by atoms with van der Waals surface area (Å²) in [6.45, 7) is 1.47. The van der Waals surface area contributed by atoms with Crippen LogP contribution < -0.4 is 11.1 Å². The van der Waals surface area contributed by atoms with Crippen LogP contribution >= 0.6 is 0 Å². The molecule has 3 rings (SSSR count). The minimum absolute atomic E-state index is 0.0448. The number of anilines is 1. The fraction of sp³-hybridized carbons (Fsp3) is 0.150. The van der Waals surface area contributed by atoms with Gasteiger partial charge in [-0.2, -0.15) is 18.3 Å². The maximum Gasteiger partial charge on any atom is 0.434 e. The Bertz CT molecular complexity index is 1040. The summed E-state index contributed by atoms with van der Waals surface area (Å²) >= 11 is 0. The molecule has 0 fully saturated rings. The molecule has 0 aliphatic carbocycles. The van der Waals surface area contributed by atoms with Crippen LogP contribution in [0.3, 0.4) is 0 Å². The molecule has 3 N–H and O–H groups in total. The molecule has 0 bridgehead atoms. The number of carbonyl (C=O) groups is 1. The van der Waals surface area contributed by atoms with Gasteiger partial charge < -0.3 is 15.8 Å². The first kappa shape index (κ1) is 20.9. The van der Waals surface area contributed by atoms with Crippen molar-refractivity contribution in [3.63, 3.8) is 0 Å². The van der Waals surface area contributed by atoms with E-state index in [1.54, 1.807) is 36.5 Å². The highest BCUT2D eigenvalue weighted by Crippen LogP contribution is 2.34. The van der Waals surface area contributed by atoms with Gasteiger partial charge in [0.15, 0.2) is 5.69 Å². The van der Waals surface area contributed by atoms with Crippen molar-refractivity contribution >= 4 is 17.4 Å². The van der Waals surface area contributed by atoms with Gasteiger partial charge in [0.05, 0.1) is 29.9 Å². The van der Waals surface area contributed by atoms with E-state index in [2.05, 4.69) is 15.4 Å². The van der Waals surface area contributed by atoms with E-state index in [1.165, 1.54) is 25.3 Å². The topological polar surface area (TPSA) is 95.1 Å². The maximum atomic E-state index is 13.6. The zero-order valence-electron chi connectivity index (χ0n) is 15.8. The molecular weight excluding hydrogens is 399 g/mol. The van der Waals surface area contributed by atoms with E-state index in [1.807, 2.05) is 0 Å². The molecule has 0 amide bonds. The molecule has 0 atom stereocenters. The van der Waals surface area contributed by atoms with Crippen LogP contribution in [0.4, 0.5) is 18.9 Å². The minimum atomic E-state index is -4.80. The van der Waals surface area contributed by atoms with Gasteiger partial charge in [0.1, 0.15) is 5.56 Å². The Kier molecular flexibility index (Phi) is 6.05. The number of hydrogen-bond acceptors (Lipinski definition) is 6. The van der Waals surface area contributed by atoms with Gasteiger partial charge in [0.2, 0.25) is 0 Å². The lowest BCUT2D eigenvalue weighted by Gasteiger charge is -2.13. The van der Waals surface area contributed by atoms with E-state index >= 15 is 0 Å². The van der Waals surface area contributed by atoms with Crippen molar-refractivity contribution in [3.05, 3.63) is 78.0 Å². The third kappa shape index (κ3) is 4.59. The molecule has 2 aromatic heterocycles. The van der Waals surface area contributed by atoms with Crippen molar-refractivity contribution in [3.8, 4) is 5.69 Å². The summed E-state index contributed by atoms with van der Waals surface area (Å²) in [6, 6.07) is 11.3. The third-order valence-corrected chi connectivity index (χ3v) is 4.00. The highest BCUT2D eigenvalue weighted by atomic mass is 19.4. The van der Waals surface area contributed by atoms with Crippen LogP contribution in [0.5, 0.6) is 0 Å². The average molecular weight is 417 g/mol. The summed E-state index contributed by atoms with van der Waals surface area (Å²) in [5.74, 6) is -1.08. The molecule has 0 spiro atoms. The molecule has 3 aromatic rings. The largest absolute Gasteiger partial charge is 0.462 e. The summed E-state index contributed by atoms with van der Waals surface area (Å²) in [5, 5.41) is 6.69. The Morgan fingerprint density at radius 3 is 2.57 bits per heavy atom. The second-order valence-electron chi connectivity index (χ2n) is 6.04. The second-order valence-corrected chi connectivity index (χ2v) is 6.04. The number of ether oxygens (including phenoxy) is 1. The summed E-state index contributed by atoms with van der Waals surface area (Å²) in [4.78, 5) is 16.0. The Morgan fingerprint density at radius 1 is 1.23 bits per heavy atom. The molecule has 0 radical (unpaired) electrons. The lowest BCUT2D eigenvalue weighted by molar-refractivity contribution is -0.143. The summed E-state index contributed by atoms with van der Waals surface area (Å²) in [5.41, 5.74) is 5.80. The van der Waals surface area contributed by atoms with Gasteiger partial charge in [0.25, 0.3) is 0 Å². The van der Waals surface area contributed by atoms with Gasteiger partial charge in [-0.1, -0.05) is 6.07 Å². The minimum Gasteiger partial charge on any atom is -0.462 e. The van der Waals surface area contributed by atoms with Crippen LogP contribution in [0.15, 0.2) is 61.1 Å². The van der Waals surface area contributed by atoms with Gasteiger partial charge in [-0.15, -0.1) is 0 Å². The molecule has 0 unspecified atom stereocenters. The Balaban J connectivity index is 1.85. The van der Waals surface area contributed by atoms with E-state index in [4.69, 9.17) is 10.5 Å². The molecule has 7 nitrogen and oxygen atoms in total. The van der Waals surface area contributed by atoms with E-state index in [0.717, 1.165) is 6.20 Å². The lowest BCUT2D eigenvalue weighted by Crippen LogP contribution is -2.18.